The molecule has 1 unspecified atom stereocenters. The third kappa shape index (κ3) is 5.65. The van der Waals surface area contributed by atoms with Crippen LogP contribution in [0.25, 0.3) is 0 Å². The quantitative estimate of drug-likeness (QED) is 0.675. The Balaban J connectivity index is 2.10. The summed E-state index contributed by atoms with van der Waals surface area (Å²) in [7, 11) is 1.51. The first-order valence-corrected chi connectivity index (χ1v) is 5.61. The lowest BCUT2D eigenvalue weighted by molar-refractivity contribution is -0.123. The minimum atomic E-state index is -0.575. The van der Waals surface area contributed by atoms with E-state index in [1.165, 1.54) is 7.11 Å². The lowest BCUT2D eigenvalue weighted by Crippen LogP contribution is -2.32. The van der Waals surface area contributed by atoms with Crippen molar-refractivity contribution in [2.45, 2.75) is 19.4 Å². The van der Waals surface area contributed by atoms with Crippen molar-refractivity contribution < 1.29 is 23.9 Å². The van der Waals surface area contributed by atoms with Gasteiger partial charge in [-0.1, -0.05) is 0 Å². The van der Waals surface area contributed by atoms with Crippen LogP contribution in [0.5, 0.6) is 5.88 Å². The van der Waals surface area contributed by atoms with Crippen molar-refractivity contribution in [3.63, 3.8) is 0 Å². The number of aromatic nitrogens is 1. The van der Waals surface area contributed by atoms with Gasteiger partial charge in [-0.05, 0) is 18.5 Å². The van der Waals surface area contributed by atoms with Crippen LogP contribution in [0.4, 0.5) is 0 Å². The highest BCUT2D eigenvalue weighted by molar-refractivity contribution is 5.77. The van der Waals surface area contributed by atoms with Gasteiger partial charge in [-0.3, -0.25) is 4.79 Å². The molecule has 1 atom stereocenters. The van der Waals surface area contributed by atoms with Gasteiger partial charge >= 0.3 is 0 Å². The second-order valence-electron chi connectivity index (χ2n) is 3.81. The van der Waals surface area contributed by atoms with Crippen molar-refractivity contribution in [3.8, 4) is 5.88 Å². The van der Waals surface area contributed by atoms with Crippen molar-refractivity contribution in [2.24, 2.45) is 0 Å². The predicted octanol–water partition coefficient (Wildman–Crippen LogP) is -0.125. The van der Waals surface area contributed by atoms with Crippen LogP contribution in [0.3, 0.4) is 0 Å². The molecule has 0 spiro atoms. The van der Waals surface area contributed by atoms with E-state index in [-0.39, 0.29) is 25.0 Å². The third-order valence-electron chi connectivity index (χ3n) is 2.12. The number of ether oxygens (including phenoxy) is 2. The van der Waals surface area contributed by atoms with Gasteiger partial charge in [0.2, 0.25) is 0 Å². The molecule has 7 heteroatoms. The van der Waals surface area contributed by atoms with E-state index in [1.54, 1.807) is 13.0 Å². The Kier molecular flexibility index (Phi) is 6.16. The number of nitrogens with zero attached hydrogens (tertiary/aromatic N) is 1. The Labute approximate surface area is 105 Å². The third-order valence-corrected chi connectivity index (χ3v) is 2.12. The summed E-state index contributed by atoms with van der Waals surface area (Å²) in [5, 5.41) is 15.5. The van der Waals surface area contributed by atoms with Crippen molar-refractivity contribution in [2.75, 3.05) is 26.9 Å². The van der Waals surface area contributed by atoms with Gasteiger partial charge in [-0.25, -0.2) is 0 Å². The number of carbonyl (C=O) groups excluding carboxylic acids is 1. The monoisotopic (exact) mass is 258 g/mol. The van der Waals surface area contributed by atoms with E-state index >= 15 is 0 Å². The van der Waals surface area contributed by atoms with Gasteiger partial charge < -0.3 is 24.4 Å². The summed E-state index contributed by atoms with van der Waals surface area (Å²) in [6, 6.07) is 1.59. The number of amides is 1. The minimum absolute atomic E-state index is 0.133. The molecule has 1 amide bonds. The van der Waals surface area contributed by atoms with Crippen molar-refractivity contribution in [1.82, 2.24) is 10.5 Å². The zero-order valence-corrected chi connectivity index (χ0v) is 10.5. The fourth-order valence-corrected chi connectivity index (χ4v) is 1.26. The molecule has 0 aromatic carbocycles. The first-order valence-electron chi connectivity index (χ1n) is 5.61. The Morgan fingerprint density at radius 1 is 1.67 bits per heavy atom. The molecular formula is C11H18N2O5. The van der Waals surface area contributed by atoms with Gasteiger partial charge in [0.15, 0.2) is 6.61 Å². The molecule has 2 N–H and O–H groups in total. The topological polar surface area (TPSA) is 93.8 Å². The molecular weight excluding hydrogens is 240 g/mol. The van der Waals surface area contributed by atoms with Gasteiger partial charge in [0.25, 0.3) is 11.8 Å². The molecule has 0 aliphatic rings. The molecule has 1 rings (SSSR count). The van der Waals surface area contributed by atoms with Crippen LogP contribution in [-0.4, -0.2) is 49.1 Å². The second-order valence-corrected chi connectivity index (χ2v) is 3.81. The Hall–Kier alpha value is -1.60. The molecule has 7 nitrogen and oxygen atoms in total. The van der Waals surface area contributed by atoms with Crippen LogP contribution in [-0.2, 0) is 9.53 Å². The highest BCUT2D eigenvalue weighted by Gasteiger charge is 2.07. The normalized spacial score (nSPS) is 12.2. The molecule has 1 aromatic heterocycles. The van der Waals surface area contributed by atoms with Crippen LogP contribution in [0.15, 0.2) is 10.6 Å². The largest absolute Gasteiger partial charge is 0.465 e. The number of aliphatic hydroxyl groups is 1. The number of methoxy groups -OCH3 is 1. The minimum Gasteiger partial charge on any atom is -0.465 e. The Morgan fingerprint density at radius 2 is 2.44 bits per heavy atom. The highest BCUT2D eigenvalue weighted by atomic mass is 16.5. The summed E-state index contributed by atoms with van der Waals surface area (Å²) in [5.41, 5.74) is 0. The van der Waals surface area contributed by atoms with E-state index in [9.17, 15) is 9.90 Å². The predicted molar refractivity (Wildman–Crippen MR) is 62.2 cm³/mol. The molecule has 0 aliphatic heterocycles. The summed E-state index contributed by atoms with van der Waals surface area (Å²) in [5.74, 6) is 0.621. The molecule has 0 saturated heterocycles. The van der Waals surface area contributed by atoms with Gasteiger partial charge in [-0.15, -0.1) is 0 Å². The van der Waals surface area contributed by atoms with E-state index in [4.69, 9.17) is 14.0 Å². The number of nitrogens with one attached hydrogen (secondary N) is 1. The molecule has 1 heterocycles. The molecule has 0 radical (unpaired) electrons. The van der Waals surface area contributed by atoms with E-state index in [2.05, 4.69) is 10.5 Å². The van der Waals surface area contributed by atoms with Crippen LogP contribution >= 0.6 is 0 Å². The first kappa shape index (κ1) is 14.5. The van der Waals surface area contributed by atoms with Crippen molar-refractivity contribution >= 4 is 5.91 Å². The highest BCUT2D eigenvalue weighted by Crippen LogP contribution is 2.09. The lowest BCUT2D eigenvalue weighted by Gasteiger charge is -2.09. The molecule has 102 valence electrons. The fraction of sp³-hybridized carbons (Fsp3) is 0.636. The SMILES string of the molecule is COCC(O)CCNC(=O)COc1cc(C)on1. The van der Waals surface area contributed by atoms with Gasteiger partial charge in [0.05, 0.1) is 12.7 Å². The Morgan fingerprint density at radius 3 is 3.06 bits per heavy atom. The molecule has 1 aromatic rings. The maximum absolute atomic E-state index is 11.4. The van der Waals surface area contributed by atoms with Crippen LogP contribution in [0, 0.1) is 6.92 Å². The van der Waals surface area contributed by atoms with Crippen molar-refractivity contribution in [1.29, 1.82) is 0 Å². The van der Waals surface area contributed by atoms with E-state index in [0.717, 1.165) is 0 Å². The van der Waals surface area contributed by atoms with Crippen molar-refractivity contribution in [3.05, 3.63) is 11.8 Å². The van der Waals surface area contributed by atoms with Crippen LogP contribution < -0.4 is 10.1 Å². The van der Waals surface area contributed by atoms with Gasteiger partial charge in [-0.2, -0.15) is 0 Å². The number of hydrogen-bond acceptors (Lipinski definition) is 6. The lowest BCUT2D eigenvalue weighted by atomic mass is 10.2. The molecule has 0 saturated carbocycles. The van der Waals surface area contributed by atoms with Gasteiger partial charge in [0, 0.05) is 19.7 Å². The summed E-state index contributed by atoms with van der Waals surface area (Å²) in [6.07, 6.45) is -0.141. The molecule has 0 bridgehead atoms. The number of aryl methyl sites for hydroxylation is 1. The van der Waals surface area contributed by atoms with Gasteiger partial charge in [0.1, 0.15) is 5.76 Å². The average molecular weight is 258 g/mol. The zero-order chi connectivity index (χ0) is 13.4. The molecule has 18 heavy (non-hydrogen) atoms. The van der Waals surface area contributed by atoms with E-state index in [1.807, 2.05) is 0 Å². The van der Waals surface area contributed by atoms with Crippen LogP contribution in [0.2, 0.25) is 0 Å². The molecule has 0 fully saturated rings. The number of hydrogen-bond donors (Lipinski definition) is 2. The second kappa shape index (κ2) is 7.67. The number of carbonyl (C=O) groups is 1. The maximum Gasteiger partial charge on any atom is 0.258 e. The van der Waals surface area contributed by atoms with Crippen LogP contribution in [0.1, 0.15) is 12.2 Å². The summed E-state index contributed by atoms with van der Waals surface area (Å²) < 4.78 is 14.6. The number of rotatable bonds is 8. The standard InChI is InChI=1S/C11H18N2O5/c1-8-5-11(13-18-8)17-7-10(15)12-4-3-9(14)6-16-2/h5,9,14H,3-4,6-7H2,1-2H3,(H,12,15). The first-order chi connectivity index (χ1) is 8.61. The maximum atomic E-state index is 11.4. The van der Waals surface area contributed by atoms with E-state index < -0.39 is 6.10 Å². The number of aliphatic hydroxyl groups excluding tert-OH is 1. The zero-order valence-electron chi connectivity index (χ0n) is 10.5. The summed E-state index contributed by atoms with van der Waals surface area (Å²) in [4.78, 5) is 11.4. The summed E-state index contributed by atoms with van der Waals surface area (Å²) >= 11 is 0. The molecule has 0 aliphatic carbocycles. The fourth-order valence-electron chi connectivity index (χ4n) is 1.26. The Bertz CT molecular complexity index is 366. The summed E-state index contributed by atoms with van der Waals surface area (Å²) in [6.45, 7) is 2.22. The average Bonchev–Trinajstić information content (AvgIpc) is 2.73. The van der Waals surface area contributed by atoms with E-state index in [0.29, 0.717) is 18.7 Å². The smallest absolute Gasteiger partial charge is 0.258 e.